The van der Waals surface area contributed by atoms with E-state index >= 15 is 0 Å². The fourth-order valence-electron chi connectivity index (χ4n) is 2.71. The van der Waals surface area contributed by atoms with Gasteiger partial charge >= 0.3 is 0 Å². The van der Waals surface area contributed by atoms with Gasteiger partial charge in [-0.3, -0.25) is 4.98 Å². The van der Waals surface area contributed by atoms with E-state index in [1.165, 1.54) is 0 Å². The maximum Gasteiger partial charge on any atom is 0.107 e. The molecule has 1 saturated heterocycles. The van der Waals surface area contributed by atoms with Crippen LogP contribution in [0.2, 0.25) is 0 Å². The first-order valence-corrected chi connectivity index (χ1v) is 7.02. The number of aromatic nitrogens is 1. The molecule has 3 N–H and O–H groups in total. The Balaban J connectivity index is 2.41. The van der Waals surface area contributed by atoms with Crippen LogP contribution in [0.3, 0.4) is 0 Å². The topological polar surface area (TPSA) is 62.4 Å². The van der Waals surface area contributed by atoms with Crippen LogP contribution in [0.5, 0.6) is 0 Å². The number of thiocarbonyl (C=S) groups is 1. The van der Waals surface area contributed by atoms with Crippen LogP contribution in [0.4, 0.5) is 5.69 Å². The van der Waals surface area contributed by atoms with Crippen molar-refractivity contribution in [1.82, 2.24) is 4.98 Å². The van der Waals surface area contributed by atoms with Gasteiger partial charge in [0.25, 0.3) is 0 Å². The van der Waals surface area contributed by atoms with E-state index in [-0.39, 0.29) is 12.0 Å². The SMILES string of the molecule is Cc1cc(N2CCC(O)C(C)C2)c(C(N)=S)c(C)n1. The van der Waals surface area contributed by atoms with E-state index < -0.39 is 0 Å². The lowest BCUT2D eigenvalue weighted by atomic mass is 9.95. The number of pyridine rings is 1. The predicted octanol–water partition coefficient (Wildman–Crippen LogP) is 1.54. The summed E-state index contributed by atoms with van der Waals surface area (Å²) in [6.45, 7) is 7.62. The lowest BCUT2D eigenvalue weighted by molar-refractivity contribution is 0.0971. The first kappa shape index (κ1) is 14.2. The van der Waals surface area contributed by atoms with Crippen LogP contribution in [0.25, 0.3) is 0 Å². The Morgan fingerprint density at radius 1 is 1.53 bits per heavy atom. The Labute approximate surface area is 119 Å². The molecule has 104 valence electrons. The Kier molecular flexibility index (Phi) is 4.06. The summed E-state index contributed by atoms with van der Waals surface area (Å²) in [4.78, 5) is 7.09. The van der Waals surface area contributed by atoms with Crippen LogP contribution in [0.15, 0.2) is 6.07 Å². The number of rotatable bonds is 2. The van der Waals surface area contributed by atoms with Gasteiger partial charge in [-0.25, -0.2) is 0 Å². The molecule has 0 radical (unpaired) electrons. The van der Waals surface area contributed by atoms with Crippen molar-refractivity contribution < 1.29 is 5.11 Å². The standard InChI is InChI=1S/C14H21N3OS/c1-8-7-17(5-4-12(8)18)11-6-9(2)16-10(3)13(11)14(15)19/h6,8,12,18H,4-5,7H2,1-3H3,(H2,15,19). The number of hydrogen-bond donors (Lipinski definition) is 2. The molecule has 4 nitrogen and oxygen atoms in total. The third-order valence-electron chi connectivity index (χ3n) is 3.75. The Bertz CT molecular complexity index is 504. The molecule has 0 bridgehead atoms. The molecular formula is C14H21N3OS. The smallest absolute Gasteiger partial charge is 0.107 e. The molecule has 1 fully saturated rings. The van der Waals surface area contributed by atoms with E-state index in [2.05, 4.69) is 16.8 Å². The van der Waals surface area contributed by atoms with E-state index in [9.17, 15) is 5.11 Å². The van der Waals surface area contributed by atoms with Crippen LogP contribution in [-0.2, 0) is 0 Å². The van der Waals surface area contributed by atoms with E-state index in [1.54, 1.807) is 0 Å². The molecule has 0 amide bonds. The summed E-state index contributed by atoms with van der Waals surface area (Å²) in [7, 11) is 0. The fourth-order valence-corrected chi connectivity index (χ4v) is 2.97. The van der Waals surface area contributed by atoms with Gasteiger partial charge in [0.2, 0.25) is 0 Å². The van der Waals surface area contributed by atoms with E-state index in [1.807, 2.05) is 19.9 Å². The molecule has 2 atom stereocenters. The molecule has 2 unspecified atom stereocenters. The largest absolute Gasteiger partial charge is 0.393 e. The molecule has 0 spiro atoms. The molecular weight excluding hydrogens is 258 g/mol. The minimum atomic E-state index is -0.214. The van der Waals surface area contributed by atoms with Crippen LogP contribution >= 0.6 is 12.2 Å². The molecule has 5 heteroatoms. The number of aliphatic hydroxyl groups excluding tert-OH is 1. The molecule has 0 aromatic carbocycles. The van der Waals surface area contributed by atoms with Gasteiger partial charge < -0.3 is 15.7 Å². The Hall–Kier alpha value is -1.20. The van der Waals surface area contributed by atoms with Gasteiger partial charge in [0.05, 0.1) is 17.4 Å². The molecule has 1 aliphatic rings. The number of aliphatic hydroxyl groups is 1. The van der Waals surface area contributed by atoms with E-state index in [0.29, 0.717) is 4.99 Å². The zero-order chi connectivity index (χ0) is 14.2. The van der Waals surface area contributed by atoms with Crippen molar-refractivity contribution in [3.8, 4) is 0 Å². The number of aryl methyl sites for hydroxylation is 2. The third-order valence-corrected chi connectivity index (χ3v) is 3.96. The molecule has 1 aromatic heterocycles. The van der Waals surface area contributed by atoms with Crippen molar-refractivity contribution in [2.24, 2.45) is 11.7 Å². The lowest BCUT2D eigenvalue weighted by Gasteiger charge is -2.37. The van der Waals surface area contributed by atoms with Gasteiger partial charge in [-0.15, -0.1) is 0 Å². The highest BCUT2D eigenvalue weighted by Crippen LogP contribution is 2.28. The average Bonchev–Trinajstić information content (AvgIpc) is 2.31. The summed E-state index contributed by atoms with van der Waals surface area (Å²) in [5.41, 5.74) is 9.61. The van der Waals surface area contributed by atoms with Crippen LogP contribution in [0.1, 0.15) is 30.3 Å². The minimum Gasteiger partial charge on any atom is -0.393 e. The van der Waals surface area contributed by atoms with Crippen molar-refractivity contribution >= 4 is 22.9 Å². The summed E-state index contributed by atoms with van der Waals surface area (Å²) in [6, 6.07) is 2.03. The molecule has 2 rings (SSSR count). The zero-order valence-electron chi connectivity index (χ0n) is 11.7. The summed E-state index contributed by atoms with van der Waals surface area (Å²) >= 11 is 5.16. The molecule has 0 aliphatic carbocycles. The zero-order valence-corrected chi connectivity index (χ0v) is 12.5. The molecule has 1 aromatic rings. The summed E-state index contributed by atoms with van der Waals surface area (Å²) in [5, 5.41) is 9.84. The number of nitrogens with zero attached hydrogens (tertiary/aromatic N) is 2. The van der Waals surface area contributed by atoms with Crippen LogP contribution in [-0.4, -0.2) is 34.3 Å². The predicted molar refractivity (Wildman–Crippen MR) is 81.6 cm³/mol. The van der Waals surface area contributed by atoms with Crippen molar-refractivity contribution in [3.63, 3.8) is 0 Å². The number of nitrogens with two attached hydrogens (primary N) is 1. The van der Waals surface area contributed by atoms with Crippen LogP contribution < -0.4 is 10.6 Å². The second kappa shape index (κ2) is 5.43. The Morgan fingerprint density at radius 3 is 2.79 bits per heavy atom. The van der Waals surface area contributed by atoms with Gasteiger partial charge in [0.1, 0.15) is 4.99 Å². The van der Waals surface area contributed by atoms with Gasteiger partial charge in [0.15, 0.2) is 0 Å². The molecule has 19 heavy (non-hydrogen) atoms. The quantitative estimate of drug-likeness (QED) is 0.804. The first-order valence-electron chi connectivity index (χ1n) is 6.61. The molecule has 1 aliphatic heterocycles. The van der Waals surface area contributed by atoms with E-state index in [0.717, 1.165) is 42.1 Å². The third kappa shape index (κ3) is 2.87. The second-order valence-electron chi connectivity index (χ2n) is 5.39. The van der Waals surface area contributed by atoms with Gasteiger partial charge in [-0.05, 0) is 32.3 Å². The van der Waals surface area contributed by atoms with E-state index in [4.69, 9.17) is 18.0 Å². The van der Waals surface area contributed by atoms with Crippen molar-refractivity contribution in [1.29, 1.82) is 0 Å². The molecule has 0 saturated carbocycles. The normalized spacial score (nSPS) is 23.5. The monoisotopic (exact) mass is 279 g/mol. The Morgan fingerprint density at radius 2 is 2.21 bits per heavy atom. The van der Waals surface area contributed by atoms with Crippen molar-refractivity contribution in [2.45, 2.75) is 33.3 Å². The van der Waals surface area contributed by atoms with Gasteiger partial charge in [0, 0.05) is 24.5 Å². The minimum absolute atomic E-state index is 0.214. The first-order chi connectivity index (χ1) is 8.90. The van der Waals surface area contributed by atoms with Crippen molar-refractivity contribution in [3.05, 3.63) is 23.0 Å². The molecule has 2 heterocycles. The maximum absolute atomic E-state index is 9.84. The number of hydrogen-bond acceptors (Lipinski definition) is 4. The number of anilines is 1. The number of piperidine rings is 1. The highest BCUT2D eigenvalue weighted by molar-refractivity contribution is 7.80. The summed E-state index contributed by atoms with van der Waals surface area (Å²) < 4.78 is 0. The highest BCUT2D eigenvalue weighted by Gasteiger charge is 2.26. The van der Waals surface area contributed by atoms with Crippen LogP contribution in [0, 0.1) is 19.8 Å². The fraction of sp³-hybridized carbons (Fsp3) is 0.571. The second-order valence-corrected chi connectivity index (χ2v) is 5.83. The highest BCUT2D eigenvalue weighted by atomic mass is 32.1. The van der Waals surface area contributed by atoms with Gasteiger partial charge in [-0.2, -0.15) is 0 Å². The maximum atomic E-state index is 9.84. The van der Waals surface area contributed by atoms with Crippen molar-refractivity contribution in [2.75, 3.05) is 18.0 Å². The lowest BCUT2D eigenvalue weighted by Crippen LogP contribution is -2.42. The summed E-state index contributed by atoms with van der Waals surface area (Å²) in [5.74, 6) is 0.252. The summed E-state index contributed by atoms with van der Waals surface area (Å²) in [6.07, 6.45) is 0.562. The average molecular weight is 279 g/mol. The van der Waals surface area contributed by atoms with Gasteiger partial charge in [-0.1, -0.05) is 19.1 Å².